The summed E-state index contributed by atoms with van der Waals surface area (Å²) in [6, 6.07) is 6.18. The van der Waals surface area contributed by atoms with E-state index >= 15 is 0 Å². The summed E-state index contributed by atoms with van der Waals surface area (Å²) >= 11 is 1.60. The van der Waals surface area contributed by atoms with Crippen molar-refractivity contribution in [3.05, 3.63) is 57.8 Å². The van der Waals surface area contributed by atoms with Crippen LogP contribution < -0.4 is 25.4 Å². The molecular weight excluding hydrogens is 646 g/mol. The molecule has 13 nitrogen and oxygen atoms in total. The number of carbonyl (C=O) groups excluding carboxylic acids is 4. The Hall–Kier alpha value is -4.46. The lowest BCUT2D eigenvalue weighted by molar-refractivity contribution is -0.132. The second kappa shape index (κ2) is 18.3. The predicted molar refractivity (Wildman–Crippen MR) is 186 cm³/mol. The molecule has 0 fully saturated rings. The minimum absolute atomic E-state index is 0.00690. The van der Waals surface area contributed by atoms with Crippen molar-refractivity contribution in [3.8, 4) is 11.5 Å². The van der Waals surface area contributed by atoms with Gasteiger partial charge in [0.1, 0.15) is 18.4 Å². The Morgan fingerprint density at radius 2 is 1.82 bits per heavy atom. The largest absolute Gasteiger partial charge is 0.493 e. The van der Waals surface area contributed by atoms with Gasteiger partial charge >= 0.3 is 0 Å². The highest BCUT2D eigenvalue weighted by atomic mass is 32.1. The summed E-state index contributed by atoms with van der Waals surface area (Å²) in [5.74, 6) is 1.07. The number of rotatable bonds is 9. The molecule has 0 saturated heterocycles. The van der Waals surface area contributed by atoms with Gasteiger partial charge in [-0.1, -0.05) is 26.3 Å². The number of aryl methyl sites for hydroxylation is 1. The van der Waals surface area contributed by atoms with Crippen LogP contribution in [0.3, 0.4) is 0 Å². The van der Waals surface area contributed by atoms with E-state index in [4.69, 9.17) is 14.5 Å². The van der Waals surface area contributed by atoms with Gasteiger partial charge in [0.15, 0.2) is 17.3 Å². The summed E-state index contributed by atoms with van der Waals surface area (Å²) in [5.41, 5.74) is 2.00. The second-order valence-corrected chi connectivity index (χ2v) is 13.2. The molecule has 3 heterocycles. The maximum absolute atomic E-state index is 13.6. The van der Waals surface area contributed by atoms with Crippen LogP contribution >= 0.6 is 11.3 Å². The van der Waals surface area contributed by atoms with Crippen molar-refractivity contribution in [2.24, 2.45) is 5.92 Å². The number of amides is 4. The zero-order chi connectivity index (χ0) is 35.3. The monoisotopic (exact) mass is 695 g/mol. The fourth-order valence-corrected chi connectivity index (χ4v) is 6.43. The number of hydrogen-bond donors (Lipinski definition) is 3. The second-order valence-electron chi connectivity index (χ2n) is 12.4. The van der Waals surface area contributed by atoms with Gasteiger partial charge in [-0.25, -0.2) is 9.67 Å². The lowest BCUT2D eigenvalue weighted by Crippen LogP contribution is -2.51. The number of methoxy groups -OCH3 is 2. The molecule has 1 aromatic carbocycles. The summed E-state index contributed by atoms with van der Waals surface area (Å²) in [6.07, 6.45) is 3.22. The van der Waals surface area contributed by atoms with Gasteiger partial charge in [-0.15, -0.1) is 0 Å². The minimum Gasteiger partial charge on any atom is -0.493 e. The van der Waals surface area contributed by atoms with Gasteiger partial charge in [-0.2, -0.15) is 16.4 Å². The number of ether oxygens (including phenoxy) is 2. The summed E-state index contributed by atoms with van der Waals surface area (Å²) in [7, 11) is 3.14. The van der Waals surface area contributed by atoms with Crippen LogP contribution in [0, 0.1) is 5.92 Å². The van der Waals surface area contributed by atoms with E-state index in [9.17, 15) is 19.2 Å². The van der Waals surface area contributed by atoms with Crippen LogP contribution in [-0.4, -0.2) is 83.2 Å². The SMILES string of the molecule is CC[C@H](C)[C@@H]1NC(=O)CCCN(C(=O)CCc2ccsc2)CCCNC(=O)Cn2nc(Cc3ccc(OC)c(OC)c3)nc2[C@@H](C)NC1=O. The van der Waals surface area contributed by atoms with Crippen molar-refractivity contribution >= 4 is 35.0 Å². The number of hydrogen-bond acceptors (Lipinski definition) is 9. The molecule has 0 saturated carbocycles. The third-order valence-corrected chi connectivity index (χ3v) is 9.46. The maximum Gasteiger partial charge on any atom is 0.243 e. The Balaban J connectivity index is 1.56. The molecule has 266 valence electrons. The van der Waals surface area contributed by atoms with Gasteiger partial charge in [0.05, 0.1) is 20.3 Å². The molecule has 4 rings (SSSR count). The zero-order valence-corrected chi connectivity index (χ0v) is 29.9. The van der Waals surface area contributed by atoms with E-state index in [1.54, 1.807) is 43.4 Å². The lowest BCUT2D eigenvalue weighted by Gasteiger charge is -2.26. The number of nitrogens with one attached hydrogen (secondary N) is 3. The molecule has 0 radical (unpaired) electrons. The molecule has 0 spiro atoms. The Bertz CT molecular complexity index is 1560. The third kappa shape index (κ3) is 10.8. The Morgan fingerprint density at radius 1 is 1.04 bits per heavy atom. The molecular formula is C35H49N7O6S. The van der Waals surface area contributed by atoms with E-state index in [1.807, 2.05) is 42.8 Å². The molecule has 14 heteroatoms. The Labute approximate surface area is 292 Å². The van der Waals surface area contributed by atoms with Crippen LogP contribution in [0.5, 0.6) is 11.5 Å². The first-order valence-electron chi connectivity index (χ1n) is 16.9. The number of thiophene rings is 1. The van der Waals surface area contributed by atoms with Gasteiger partial charge in [-0.05, 0) is 72.2 Å². The van der Waals surface area contributed by atoms with E-state index in [0.717, 1.165) is 11.1 Å². The Morgan fingerprint density at radius 3 is 2.53 bits per heavy atom. The van der Waals surface area contributed by atoms with E-state index < -0.39 is 12.1 Å². The highest BCUT2D eigenvalue weighted by Gasteiger charge is 2.29. The smallest absolute Gasteiger partial charge is 0.243 e. The molecule has 3 atom stereocenters. The first-order valence-corrected chi connectivity index (χ1v) is 17.9. The highest BCUT2D eigenvalue weighted by Crippen LogP contribution is 2.28. The van der Waals surface area contributed by atoms with Crippen molar-refractivity contribution in [2.45, 2.75) is 84.3 Å². The van der Waals surface area contributed by atoms with Crippen LogP contribution in [-0.2, 0) is 38.6 Å². The van der Waals surface area contributed by atoms with Crippen molar-refractivity contribution < 1.29 is 28.7 Å². The van der Waals surface area contributed by atoms with Crippen LogP contribution in [0.15, 0.2) is 35.0 Å². The molecule has 3 N–H and O–H groups in total. The van der Waals surface area contributed by atoms with E-state index in [2.05, 4.69) is 21.0 Å². The van der Waals surface area contributed by atoms with Gasteiger partial charge in [0.25, 0.3) is 0 Å². The molecule has 4 amide bonds. The molecule has 1 aliphatic rings. The number of carbonyl (C=O) groups is 4. The average Bonchev–Trinajstić information content (AvgIpc) is 3.76. The number of fused-ring (bicyclic) bond motifs is 1. The molecule has 49 heavy (non-hydrogen) atoms. The van der Waals surface area contributed by atoms with Crippen molar-refractivity contribution in [1.29, 1.82) is 0 Å². The fraction of sp³-hybridized carbons (Fsp3) is 0.543. The van der Waals surface area contributed by atoms with Crippen molar-refractivity contribution in [2.75, 3.05) is 33.9 Å². The topological polar surface area (TPSA) is 157 Å². The van der Waals surface area contributed by atoms with Gasteiger partial charge in [0, 0.05) is 38.9 Å². The number of nitrogens with zero attached hydrogens (tertiary/aromatic N) is 4. The molecule has 2 aromatic heterocycles. The molecule has 0 bridgehead atoms. The zero-order valence-electron chi connectivity index (χ0n) is 29.1. The predicted octanol–water partition coefficient (Wildman–Crippen LogP) is 3.42. The van der Waals surface area contributed by atoms with E-state index in [-0.39, 0.29) is 42.5 Å². The summed E-state index contributed by atoms with van der Waals surface area (Å²) in [5, 5.41) is 17.6. The van der Waals surface area contributed by atoms with E-state index in [0.29, 0.717) is 81.3 Å². The van der Waals surface area contributed by atoms with Gasteiger partial charge < -0.3 is 30.3 Å². The summed E-state index contributed by atoms with van der Waals surface area (Å²) < 4.78 is 12.3. The fourth-order valence-electron chi connectivity index (χ4n) is 5.73. The quantitative estimate of drug-likeness (QED) is 0.308. The molecule has 0 aliphatic carbocycles. The van der Waals surface area contributed by atoms with Crippen LogP contribution in [0.1, 0.15) is 81.7 Å². The maximum atomic E-state index is 13.6. The normalized spacial score (nSPS) is 19.0. The van der Waals surface area contributed by atoms with Gasteiger partial charge in [0.2, 0.25) is 23.6 Å². The summed E-state index contributed by atoms with van der Waals surface area (Å²) in [4.78, 5) is 59.6. The third-order valence-electron chi connectivity index (χ3n) is 8.72. The van der Waals surface area contributed by atoms with Crippen LogP contribution in [0.25, 0.3) is 0 Å². The number of benzene rings is 1. The van der Waals surface area contributed by atoms with Crippen molar-refractivity contribution in [1.82, 2.24) is 35.6 Å². The first-order chi connectivity index (χ1) is 23.6. The van der Waals surface area contributed by atoms with Crippen molar-refractivity contribution in [3.63, 3.8) is 0 Å². The van der Waals surface area contributed by atoms with Crippen LogP contribution in [0.2, 0.25) is 0 Å². The summed E-state index contributed by atoms with van der Waals surface area (Å²) in [6.45, 7) is 6.78. The molecule has 0 unspecified atom stereocenters. The number of aromatic nitrogens is 3. The standard InChI is InChI=1S/C35H49N7O6S/c1-6-23(2)33-35(46)37-24(3)34-38-29(20-26-10-12-27(47-4)28(19-26)48-5)40-42(34)21-31(44)36-15-8-17-41(16-7-9-30(43)39-33)32(45)13-11-25-14-18-49-22-25/h10,12,14,18-19,22-24,33H,6-9,11,13,15-17,20-21H2,1-5H3,(H,36,44)(H,37,46)(H,39,43)/t23-,24+,33-/m0/s1. The average molecular weight is 696 g/mol. The Kier molecular flexibility index (Phi) is 14.0. The van der Waals surface area contributed by atoms with Gasteiger partial charge in [-0.3, -0.25) is 19.2 Å². The molecule has 1 aliphatic heterocycles. The molecule has 3 aromatic rings. The highest BCUT2D eigenvalue weighted by molar-refractivity contribution is 7.07. The van der Waals surface area contributed by atoms with E-state index in [1.165, 1.54) is 4.68 Å². The van der Waals surface area contributed by atoms with Crippen LogP contribution in [0.4, 0.5) is 0 Å². The minimum atomic E-state index is -0.770. The first kappa shape index (κ1) is 37.4. The lowest BCUT2D eigenvalue weighted by atomic mass is 9.97.